The molecule has 12 aromatic carbocycles. The Kier molecular flexibility index (Phi) is 9.66. The maximum absolute atomic E-state index is 6.90. The predicted octanol–water partition coefficient (Wildman–Crippen LogP) is 21.9. The maximum atomic E-state index is 6.90. The number of nitrogens with zero attached hydrogens (tertiary/aromatic N) is 2. The van der Waals surface area contributed by atoms with Crippen molar-refractivity contribution < 1.29 is 17.7 Å². The summed E-state index contributed by atoms with van der Waals surface area (Å²) in [6.45, 7) is 4.69. The van der Waals surface area contributed by atoms with Crippen LogP contribution >= 0.6 is 0 Å². The molecule has 4 heterocycles. The molecule has 0 N–H and O–H groups in total. The van der Waals surface area contributed by atoms with Crippen molar-refractivity contribution in [1.29, 1.82) is 0 Å². The van der Waals surface area contributed by atoms with Gasteiger partial charge in [-0.1, -0.05) is 123 Å². The minimum absolute atomic E-state index is 0.278. The van der Waals surface area contributed by atoms with Crippen LogP contribution in [0.4, 0.5) is 34.1 Å². The Bertz CT molecular complexity index is 4840. The Morgan fingerprint density at radius 3 is 1.10 bits per heavy atom. The molecule has 81 heavy (non-hydrogen) atoms. The molecule has 0 unspecified atom stereocenters. The number of hydrogen-bond acceptors (Lipinski definition) is 6. The van der Waals surface area contributed by atoms with Crippen LogP contribution in [-0.4, -0.2) is 0 Å². The molecule has 0 radical (unpaired) electrons. The van der Waals surface area contributed by atoms with Gasteiger partial charge in [0.1, 0.15) is 45.0 Å². The number of anilines is 6. The molecule has 0 amide bonds. The van der Waals surface area contributed by atoms with E-state index in [1.165, 1.54) is 22.3 Å². The molecule has 4 aromatic heterocycles. The van der Waals surface area contributed by atoms with Crippen molar-refractivity contribution in [2.24, 2.45) is 0 Å². The summed E-state index contributed by atoms with van der Waals surface area (Å²) in [5.74, 6) is 1.73. The van der Waals surface area contributed by atoms with E-state index in [1.807, 2.05) is 36.4 Å². The second kappa shape index (κ2) is 17.2. The van der Waals surface area contributed by atoms with E-state index in [2.05, 4.69) is 242 Å². The van der Waals surface area contributed by atoms with Crippen LogP contribution in [0, 0.1) is 0 Å². The number of para-hydroxylation sites is 4. The third-order valence-corrected chi connectivity index (χ3v) is 17.0. The Labute approximate surface area is 465 Å². The third kappa shape index (κ3) is 7.20. The molecule has 0 bridgehead atoms. The Morgan fingerprint density at radius 1 is 0.259 bits per heavy atom. The third-order valence-electron chi connectivity index (χ3n) is 17.0. The predicted molar refractivity (Wildman–Crippen MR) is 333 cm³/mol. The van der Waals surface area contributed by atoms with Crippen molar-refractivity contribution >= 4 is 121 Å². The first-order valence-electron chi connectivity index (χ1n) is 27.6. The van der Waals surface area contributed by atoms with Crippen LogP contribution in [0.3, 0.4) is 0 Å². The number of fused-ring (bicyclic) bond motifs is 13. The van der Waals surface area contributed by atoms with Gasteiger partial charge in [0.05, 0.1) is 0 Å². The van der Waals surface area contributed by atoms with Crippen LogP contribution in [0.2, 0.25) is 0 Å². The molecule has 382 valence electrons. The molecular formula is C75H48N2O4. The van der Waals surface area contributed by atoms with Gasteiger partial charge in [-0.25, -0.2) is 0 Å². The van der Waals surface area contributed by atoms with Crippen molar-refractivity contribution in [2.75, 3.05) is 9.80 Å². The van der Waals surface area contributed by atoms with E-state index >= 15 is 0 Å². The summed E-state index contributed by atoms with van der Waals surface area (Å²) in [5.41, 5.74) is 18.2. The van der Waals surface area contributed by atoms with Crippen molar-refractivity contribution in [3.8, 4) is 33.8 Å². The smallest absolute Gasteiger partial charge is 0.137 e. The van der Waals surface area contributed by atoms with E-state index in [4.69, 9.17) is 17.7 Å². The van der Waals surface area contributed by atoms with E-state index in [0.29, 0.717) is 0 Å². The minimum Gasteiger partial charge on any atom is -0.456 e. The van der Waals surface area contributed by atoms with Crippen molar-refractivity contribution in [3.63, 3.8) is 0 Å². The van der Waals surface area contributed by atoms with Gasteiger partial charge in [-0.05, 0) is 177 Å². The number of rotatable bonds is 8. The molecule has 17 rings (SSSR count). The Hall–Kier alpha value is -10.6. The molecule has 0 atom stereocenters. The number of hydrogen-bond donors (Lipinski definition) is 0. The summed E-state index contributed by atoms with van der Waals surface area (Å²) >= 11 is 0. The Morgan fingerprint density at radius 2 is 0.642 bits per heavy atom. The molecule has 6 heteroatoms. The van der Waals surface area contributed by atoms with Gasteiger partial charge in [0, 0.05) is 95.1 Å². The monoisotopic (exact) mass is 1040 g/mol. The summed E-state index contributed by atoms with van der Waals surface area (Å²) < 4.78 is 26.3. The molecule has 0 fully saturated rings. The summed E-state index contributed by atoms with van der Waals surface area (Å²) in [5, 5.41) is 11.2. The highest BCUT2D eigenvalue weighted by atomic mass is 16.3. The van der Waals surface area contributed by atoms with Gasteiger partial charge >= 0.3 is 0 Å². The molecule has 0 aliphatic heterocycles. The second-order valence-corrected chi connectivity index (χ2v) is 22.1. The zero-order valence-corrected chi connectivity index (χ0v) is 44.3. The molecule has 0 spiro atoms. The van der Waals surface area contributed by atoms with Crippen LogP contribution in [0.25, 0.3) is 121 Å². The summed E-state index contributed by atoms with van der Waals surface area (Å²) in [6.07, 6.45) is 0. The SMILES string of the molecule is CC1(C)c2cc3c(cc2-c2cc4oc5cc(N(c6ccccc6)c6ccc7cc(-c8cc9ccccc9o8)ccc7c6)ccc5c4cc21)oc1cc(N(c2ccccc2)c2ccc4cc(-c5cc6ccccc6o5)ccc4c2)ccc13. The average molecular weight is 1040 g/mol. The number of furan rings is 4. The lowest BCUT2D eigenvalue weighted by atomic mass is 9.81. The van der Waals surface area contributed by atoms with Crippen LogP contribution in [0.1, 0.15) is 25.0 Å². The highest BCUT2D eigenvalue weighted by molar-refractivity contribution is 6.12. The van der Waals surface area contributed by atoms with Gasteiger partial charge in [-0.15, -0.1) is 0 Å². The van der Waals surface area contributed by atoms with Crippen molar-refractivity contribution in [1.82, 2.24) is 0 Å². The van der Waals surface area contributed by atoms with Crippen LogP contribution in [-0.2, 0) is 5.41 Å². The minimum atomic E-state index is -0.278. The zero-order valence-electron chi connectivity index (χ0n) is 44.3. The lowest BCUT2D eigenvalue weighted by Crippen LogP contribution is -2.14. The summed E-state index contributed by atoms with van der Waals surface area (Å²) in [6, 6.07) is 90.6. The molecule has 1 aliphatic carbocycles. The fourth-order valence-corrected chi connectivity index (χ4v) is 12.9. The van der Waals surface area contributed by atoms with E-state index in [9.17, 15) is 0 Å². The topological polar surface area (TPSA) is 59.0 Å². The standard InChI is InChI=1S/C75H48N2O4/c1-75(2)65-41-63-59-31-29-57(76(53-15-5-3-6-16-53)55-27-25-45-33-51(23-21-47(45)35-55)69-37-49-13-9-11-19-67(49)78-69)39-71(59)80-73(63)43-61(65)62-44-74-64(42-66(62)75)60-32-30-58(40-72(60)81-74)77(54-17-7-4-8-18-54)56-28-26-46-34-52(24-22-48(46)36-56)70-38-50-14-10-12-20-68(50)79-70/h3-44H,1-2H3. The van der Waals surface area contributed by atoms with E-state index < -0.39 is 0 Å². The first-order valence-corrected chi connectivity index (χ1v) is 27.6. The highest BCUT2D eigenvalue weighted by Crippen LogP contribution is 2.53. The molecule has 6 nitrogen and oxygen atoms in total. The Balaban J connectivity index is 0.715. The van der Waals surface area contributed by atoms with Gasteiger partial charge in [-0.3, -0.25) is 0 Å². The van der Waals surface area contributed by atoms with Crippen molar-refractivity contribution in [2.45, 2.75) is 19.3 Å². The van der Waals surface area contributed by atoms with E-state index in [1.54, 1.807) is 0 Å². The quantitative estimate of drug-likeness (QED) is 0.151. The lowest BCUT2D eigenvalue weighted by Gasteiger charge is -2.25. The summed E-state index contributed by atoms with van der Waals surface area (Å²) in [4.78, 5) is 4.62. The largest absolute Gasteiger partial charge is 0.456 e. The molecule has 0 saturated carbocycles. The van der Waals surface area contributed by atoms with Gasteiger partial charge < -0.3 is 27.5 Å². The van der Waals surface area contributed by atoms with Gasteiger partial charge in [0.15, 0.2) is 0 Å². The van der Waals surface area contributed by atoms with Gasteiger partial charge in [0.25, 0.3) is 0 Å². The van der Waals surface area contributed by atoms with Crippen LogP contribution in [0.15, 0.2) is 272 Å². The van der Waals surface area contributed by atoms with Gasteiger partial charge in [0.2, 0.25) is 0 Å². The second-order valence-electron chi connectivity index (χ2n) is 22.1. The first kappa shape index (κ1) is 45.5. The average Bonchev–Trinajstić information content (AvgIpc) is 4.51. The van der Waals surface area contributed by atoms with Crippen LogP contribution in [0.5, 0.6) is 0 Å². The lowest BCUT2D eigenvalue weighted by molar-refractivity contribution is 0.631. The molecule has 0 saturated heterocycles. The van der Waals surface area contributed by atoms with Crippen molar-refractivity contribution in [3.05, 3.63) is 266 Å². The fourth-order valence-electron chi connectivity index (χ4n) is 12.9. The van der Waals surface area contributed by atoms with Gasteiger partial charge in [-0.2, -0.15) is 0 Å². The van der Waals surface area contributed by atoms with Crippen LogP contribution < -0.4 is 9.80 Å². The first-order chi connectivity index (χ1) is 39.8. The number of benzene rings is 12. The molecule has 1 aliphatic rings. The summed E-state index contributed by atoms with van der Waals surface area (Å²) in [7, 11) is 0. The zero-order chi connectivity index (χ0) is 53.5. The highest BCUT2D eigenvalue weighted by Gasteiger charge is 2.37. The molecular weight excluding hydrogens is 993 g/mol. The normalized spacial score (nSPS) is 12.9. The maximum Gasteiger partial charge on any atom is 0.137 e. The van der Waals surface area contributed by atoms with E-state index in [0.717, 1.165) is 144 Å². The molecule has 16 aromatic rings. The van der Waals surface area contributed by atoms with E-state index in [-0.39, 0.29) is 5.41 Å². The fraction of sp³-hybridized carbons (Fsp3) is 0.0400.